The van der Waals surface area contributed by atoms with Crippen molar-refractivity contribution < 1.29 is 18.1 Å². The third kappa shape index (κ3) is 4.03. The number of aromatic nitrogens is 2. The standard InChI is InChI=1S/C24H19ClFN3O3/c25-19-5-2-1-4-18(19)20-13-22(32-28-20)24(30)29-11-3-6-21(29)23-27-14-17(31-23)12-15-7-9-16(26)10-8-15/h1-2,4-5,7-10,13-14,21H,3,6,11-12H2/t21-/m1/s1. The number of carbonyl (C=O) groups excluding carboxylic acids is 1. The Kier molecular flexibility index (Phi) is 5.49. The second kappa shape index (κ2) is 8.59. The molecule has 3 heterocycles. The minimum atomic E-state index is -0.280. The normalized spacial score (nSPS) is 15.9. The van der Waals surface area contributed by atoms with Crippen LogP contribution in [0, 0.1) is 5.82 Å². The fourth-order valence-electron chi connectivity index (χ4n) is 3.94. The molecule has 1 aliphatic rings. The second-order valence-corrected chi connectivity index (χ2v) is 8.09. The summed E-state index contributed by atoms with van der Waals surface area (Å²) in [4.78, 5) is 19.2. The molecule has 5 rings (SSSR count). The maximum atomic E-state index is 13.1. The second-order valence-electron chi connectivity index (χ2n) is 7.68. The molecule has 2 aromatic heterocycles. The van der Waals surface area contributed by atoms with E-state index in [1.54, 1.807) is 35.4 Å². The van der Waals surface area contributed by atoms with Gasteiger partial charge in [-0.1, -0.05) is 47.1 Å². The topological polar surface area (TPSA) is 72.4 Å². The zero-order valence-electron chi connectivity index (χ0n) is 17.0. The summed E-state index contributed by atoms with van der Waals surface area (Å²) in [6.07, 6.45) is 3.73. The van der Waals surface area contributed by atoms with Crippen molar-refractivity contribution in [2.75, 3.05) is 6.54 Å². The number of rotatable bonds is 5. The summed E-state index contributed by atoms with van der Waals surface area (Å²) >= 11 is 6.23. The molecule has 0 saturated carbocycles. The van der Waals surface area contributed by atoms with Crippen LogP contribution in [0.3, 0.4) is 0 Å². The van der Waals surface area contributed by atoms with Crippen LogP contribution in [-0.2, 0) is 6.42 Å². The van der Waals surface area contributed by atoms with Crippen molar-refractivity contribution in [2.45, 2.75) is 25.3 Å². The number of amides is 1. The molecule has 1 saturated heterocycles. The van der Waals surface area contributed by atoms with Crippen molar-refractivity contribution in [1.82, 2.24) is 15.0 Å². The first-order valence-corrected chi connectivity index (χ1v) is 10.7. The van der Waals surface area contributed by atoms with Gasteiger partial charge in [-0.3, -0.25) is 4.79 Å². The van der Waals surface area contributed by atoms with E-state index in [0.29, 0.717) is 40.9 Å². The Labute approximate surface area is 188 Å². The summed E-state index contributed by atoms with van der Waals surface area (Å²) in [5.74, 6) is 0.740. The lowest BCUT2D eigenvalue weighted by atomic mass is 10.1. The minimum absolute atomic E-state index is 0.143. The van der Waals surface area contributed by atoms with Gasteiger partial charge in [-0.15, -0.1) is 0 Å². The molecular formula is C24H19ClFN3O3. The van der Waals surface area contributed by atoms with Crippen molar-refractivity contribution in [3.8, 4) is 11.3 Å². The van der Waals surface area contributed by atoms with E-state index in [1.807, 2.05) is 18.2 Å². The average molecular weight is 452 g/mol. The van der Waals surface area contributed by atoms with Crippen molar-refractivity contribution in [1.29, 1.82) is 0 Å². The lowest BCUT2D eigenvalue weighted by Gasteiger charge is -2.20. The number of hydrogen-bond donors (Lipinski definition) is 0. The first-order valence-electron chi connectivity index (χ1n) is 10.3. The van der Waals surface area contributed by atoms with Crippen molar-refractivity contribution in [3.63, 3.8) is 0 Å². The Morgan fingerprint density at radius 1 is 1.19 bits per heavy atom. The van der Waals surface area contributed by atoms with Gasteiger partial charge in [0.2, 0.25) is 11.7 Å². The van der Waals surface area contributed by atoms with Crippen molar-refractivity contribution >= 4 is 17.5 Å². The molecule has 0 bridgehead atoms. The molecule has 6 nitrogen and oxygen atoms in total. The molecule has 1 atom stereocenters. The highest BCUT2D eigenvalue weighted by Gasteiger charge is 2.35. The average Bonchev–Trinajstić information content (AvgIpc) is 3.56. The highest BCUT2D eigenvalue weighted by Crippen LogP contribution is 2.34. The summed E-state index contributed by atoms with van der Waals surface area (Å²) in [6, 6.07) is 14.8. The molecule has 1 fully saturated rings. The maximum Gasteiger partial charge on any atom is 0.293 e. The number of hydrogen-bond acceptors (Lipinski definition) is 5. The molecule has 0 radical (unpaired) electrons. The fraction of sp³-hybridized carbons (Fsp3) is 0.208. The van der Waals surface area contributed by atoms with Gasteiger partial charge in [-0.25, -0.2) is 9.37 Å². The molecule has 32 heavy (non-hydrogen) atoms. The molecule has 1 amide bonds. The Morgan fingerprint density at radius 2 is 2.00 bits per heavy atom. The monoisotopic (exact) mass is 451 g/mol. The van der Waals surface area contributed by atoms with Crippen LogP contribution in [0.25, 0.3) is 11.3 Å². The quantitative estimate of drug-likeness (QED) is 0.389. The summed E-state index contributed by atoms with van der Waals surface area (Å²) in [5.41, 5.74) is 2.13. The van der Waals surface area contributed by atoms with Crippen LogP contribution in [0.4, 0.5) is 4.39 Å². The first kappa shape index (κ1) is 20.5. The molecule has 162 valence electrons. The van der Waals surface area contributed by atoms with Gasteiger partial charge >= 0.3 is 0 Å². The van der Waals surface area contributed by atoms with Crippen LogP contribution in [0.15, 0.2) is 69.7 Å². The van der Waals surface area contributed by atoms with Crippen LogP contribution in [0.2, 0.25) is 5.02 Å². The van der Waals surface area contributed by atoms with Crippen LogP contribution in [0.5, 0.6) is 0 Å². The summed E-state index contributed by atoms with van der Waals surface area (Å²) < 4.78 is 24.4. The van der Waals surface area contributed by atoms with Crippen molar-refractivity contribution in [3.05, 3.63) is 94.6 Å². The van der Waals surface area contributed by atoms with E-state index >= 15 is 0 Å². The van der Waals surface area contributed by atoms with Crippen molar-refractivity contribution in [2.24, 2.45) is 0 Å². The molecule has 1 aliphatic heterocycles. The number of likely N-dealkylation sites (tertiary alicyclic amines) is 1. The molecule has 2 aromatic carbocycles. The van der Waals surface area contributed by atoms with E-state index in [-0.39, 0.29) is 23.5 Å². The number of oxazole rings is 1. The predicted molar refractivity (Wildman–Crippen MR) is 116 cm³/mol. The fourth-order valence-corrected chi connectivity index (χ4v) is 4.17. The van der Waals surface area contributed by atoms with Crippen LogP contribution in [-0.4, -0.2) is 27.5 Å². The molecular weight excluding hydrogens is 433 g/mol. The van der Waals surface area contributed by atoms with Gasteiger partial charge in [-0.2, -0.15) is 0 Å². The summed E-state index contributed by atoms with van der Waals surface area (Å²) in [5, 5.41) is 4.56. The Balaban J connectivity index is 1.33. The van der Waals surface area contributed by atoms with Gasteiger partial charge in [0.15, 0.2) is 0 Å². The van der Waals surface area contributed by atoms with E-state index in [0.717, 1.165) is 18.4 Å². The van der Waals surface area contributed by atoms with Crippen LogP contribution in [0.1, 0.15) is 46.7 Å². The van der Waals surface area contributed by atoms with Gasteiger partial charge in [-0.05, 0) is 36.6 Å². The summed E-state index contributed by atoms with van der Waals surface area (Å²) in [7, 11) is 0. The maximum absolute atomic E-state index is 13.1. The molecule has 8 heteroatoms. The highest BCUT2D eigenvalue weighted by molar-refractivity contribution is 6.33. The minimum Gasteiger partial charge on any atom is -0.443 e. The zero-order valence-corrected chi connectivity index (χ0v) is 17.8. The third-order valence-electron chi connectivity index (χ3n) is 5.53. The number of benzene rings is 2. The Hall–Kier alpha value is -3.45. The van der Waals surface area contributed by atoms with E-state index < -0.39 is 0 Å². The third-order valence-corrected chi connectivity index (χ3v) is 5.86. The van der Waals surface area contributed by atoms with Crippen LogP contribution >= 0.6 is 11.6 Å². The summed E-state index contributed by atoms with van der Waals surface area (Å²) in [6.45, 7) is 0.571. The lowest BCUT2D eigenvalue weighted by Crippen LogP contribution is -2.30. The lowest BCUT2D eigenvalue weighted by molar-refractivity contribution is 0.0672. The smallest absolute Gasteiger partial charge is 0.293 e. The number of carbonyl (C=O) groups is 1. The highest BCUT2D eigenvalue weighted by atomic mass is 35.5. The van der Waals surface area contributed by atoms with Gasteiger partial charge in [0.1, 0.15) is 23.3 Å². The molecule has 0 unspecified atom stereocenters. The molecule has 0 spiro atoms. The zero-order chi connectivity index (χ0) is 22.1. The van der Waals surface area contributed by atoms with E-state index in [4.69, 9.17) is 20.5 Å². The van der Waals surface area contributed by atoms with E-state index in [9.17, 15) is 9.18 Å². The Bertz CT molecular complexity index is 1250. The van der Waals surface area contributed by atoms with Crippen LogP contribution < -0.4 is 0 Å². The molecule has 0 N–H and O–H groups in total. The largest absolute Gasteiger partial charge is 0.443 e. The number of halogens is 2. The van der Waals surface area contributed by atoms with Gasteiger partial charge in [0, 0.05) is 24.6 Å². The first-order chi connectivity index (χ1) is 15.6. The van der Waals surface area contributed by atoms with Gasteiger partial charge < -0.3 is 13.8 Å². The van der Waals surface area contributed by atoms with E-state index in [1.165, 1.54) is 12.1 Å². The van der Waals surface area contributed by atoms with E-state index in [2.05, 4.69) is 10.1 Å². The van der Waals surface area contributed by atoms with Gasteiger partial charge in [0.25, 0.3) is 5.91 Å². The number of nitrogens with zero attached hydrogens (tertiary/aromatic N) is 3. The Morgan fingerprint density at radius 3 is 2.81 bits per heavy atom. The molecule has 0 aliphatic carbocycles. The molecule has 4 aromatic rings. The SMILES string of the molecule is O=C(c1cc(-c2ccccc2Cl)no1)N1CCC[C@@H]1c1ncc(Cc2ccc(F)cc2)o1. The predicted octanol–water partition coefficient (Wildman–Crippen LogP) is 5.69. The van der Waals surface area contributed by atoms with Gasteiger partial charge in [0.05, 0.1) is 11.2 Å².